The van der Waals surface area contributed by atoms with Gasteiger partial charge in [0.25, 0.3) is 5.91 Å². The Kier molecular flexibility index (Phi) is 3.27. The van der Waals surface area contributed by atoms with Gasteiger partial charge >= 0.3 is 0 Å². The fourth-order valence-corrected chi connectivity index (χ4v) is 3.80. The van der Waals surface area contributed by atoms with Crippen molar-refractivity contribution in [2.24, 2.45) is 21.8 Å². The van der Waals surface area contributed by atoms with Crippen LogP contribution >= 0.6 is 0 Å². The van der Waals surface area contributed by atoms with Gasteiger partial charge in [-0.05, 0) is 48.8 Å². The molecule has 1 N–H and O–H groups in total. The summed E-state index contributed by atoms with van der Waals surface area (Å²) in [6.07, 6.45) is 8.11. The van der Waals surface area contributed by atoms with Crippen molar-refractivity contribution in [3.05, 3.63) is 30.2 Å². The molecule has 0 saturated heterocycles. The average Bonchev–Trinajstić information content (AvgIpc) is 3.08. The van der Waals surface area contributed by atoms with E-state index in [0.29, 0.717) is 11.7 Å². The number of nitrogens with zero attached hydrogens (tertiary/aromatic N) is 1. The Morgan fingerprint density at radius 3 is 2.86 bits per heavy atom. The fourth-order valence-electron chi connectivity index (χ4n) is 3.80. The van der Waals surface area contributed by atoms with Crippen molar-refractivity contribution >= 4 is 17.7 Å². The molecular formula is C17H22N2O2. The van der Waals surface area contributed by atoms with E-state index >= 15 is 0 Å². The predicted molar refractivity (Wildman–Crippen MR) is 82.5 cm³/mol. The summed E-state index contributed by atoms with van der Waals surface area (Å²) in [4.78, 5) is 11.8. The molecule has 2 bridgehead atoms. The summed E-state index contributed by atoms with van der Waals surface area (Å²) < 4.78 is 5.14. The standard InChI is InChI=1S/C17H22N2O2/c1-16(2)12-8-9-17(16,3)14(11-12)18-19-15(20)7-6-13-5-4-10-21-13/h4-7,10,12H,8-9,11H2,1-3H3,(H,19,20)/b7-6+,18-14+/t12-,17+/m1/s1. The van der Waals surface area contributed by atoms with Crippen LogP contribution in [0.1, 0.15) is 45.8 Å². The Hall–Kier alpha value is -1.84. The van der Waals surface area contributed by atoms with Gasteiger partial charge in [-0.1, -0.05) is 20.8 Å². The minimum atomic E-state index is -0.219. The van der Waals surface area contributed by atoms with Gasteiger partial charge in [0, 0.05) is 17.2 Å². The molecule has 3 rings (SSSR count). The van der Waals surface area contributed by atoms with E-state index in [0.717, 1.165) is 12.1 Å². The van der Waals surface area contributed by atoms with Crippen LogP contribution in [0.15, 0.2) is 34.0 Å². The van der Waals surface area contributed by atoms with Crippen molar-refractivity contribution in [2.75, 3.05) is 0 Å². The summed E-state index contributed by atoms with van der Waals surface area (Å²) in [5.41, 5.74) is 4.20. The molecule has 1 aromatic heterocycles. The van der Waals surface area contributed by atoms with Gasteiger partial charge < -0.3 is 4.42 Å². The molecule has 0 radical (unpaired) electrons. The molecule has 0 spiro atoms. The lowest BCUT2D eigenvalue weighted by Gasteiger charge is -2.34. The zero-order valence-electron chi connectivity index (χ0n) is 12.8. The van der Waals surface area contributed by atoms with E-state index in [1.54, 1.807) is 24.5 Å². The second kappa shape index (κ2) is 4.86. The highest BCUT2D eigenvalue weighted by molar-refractivity contribution is 5.97. The van der Waals surface area contributed by atoms with E-state index in [4.69, 9.17) is 4.42 Å². The maximum Gasteiger partial charge on any atom is 0.264 e. The number of hydrazone groups is 1. The molecule has 0 unspecified atom stereocenters. The van der Waals surface area contributed by atoms with Crippen molar-refractivity contribution in [3.8, 4) is 0 Å². The summed E-state index contributed by atoms with van der Waals surface area (Å²) in [6, 6.07) is 3.59. The first-order valence-corrected chi connectivity index (χ1v) is 7.52. The molecule has 112 valence electrons. The van der Waals surface area contributed by atoms with Gasteiger partial charge in [-0.3, -0.25) is 4.79 Å². The summed E-state index contributed by atoms with van der Waals surface area (Å²) >= 11 is 0. The Bertz CT molecular complexity index is 598. The van der Waals surface area contributed by atoms with Crippen LogP contribution in [0.3, 0.4) is 0 Å². The van der Waals surface area contributed by atoms with Crippen molar-refractivity contribution in [3.63, 3.8) is 0 Å². The average molecular weight is 286 g/mol. The van der Waals surface area contributed by atoms with Crippen LogP contribution in [0.25, 0.3) is 6.08 Å². The van der Waals surface area contributed by atoms with Gasteiger partial charge in [0.2, 0.25) is 0 Å². The summed E-state index contributed by atoms with van der Waals surface area (Å²) in [5, 5.41) is 4.41. The number of hydrogen-bond acceptors (Lipinski definition) is 3. The SMILES string of the molecule is CC1(C)[C@@H]2CC[C@@]1(C)/C(=N/NC(=O)/C=C/c1ccco1)C2. The largest absolute Gasteiger partial charge is 0.465 e. The van der Waals surface area contributed by atoms with E-state index in [1.165, 1.54) is 18.9 Å². The highest BCUT2D eigenvalue weighted by Crippen LogP contribution is 2.63. The number of furan rings is 1. The Morgan fingerprint density at radius 1 is 1.48 bits per heavy atom. The van der Waals surface area contributed by atoms with Crippen LogP contribution in [0.4, 0.5) is 0 Å². The van der Waals surface area contributed by atoms with E-state index in [-0.39, 0.29) is 16.7 Å². The van der Waals surface area contributed by atoms with Crippen LogP contribution in [0.5, 0.6) is 0 Å². The monoisotopic (exact) mass is 286 g/mol. The van der Waals surface area contributed by atoms with Crippen LogP contribution in [-0.2, 0) is 4.79 Å². The predicted octanol–water partition coefficient (Wildman–Crippen LogP) is 3.61. The minimum Gasteiger partial charge on any atom is -0.465 e. The molecule has 0 aliphatic heterocycles. The quantitative estimate of drug-likeness (QED) is 0.681. The molecule has 1 heterocycles. The van der Waals surface area contributed by atoms with Gasteiger partial charge in [-0.25, -0.2) is 5.43 Å². The fraction of sp³-hybridized carbons (Fsp3) is 0.529. The zero-order valence-corrected chi connectivity index (χ0v) is 12.8. The second-order valence-corrected chi connectivity index (χ2v) is 6.88. The molecule has 2 fully saturated rings. The van der Waals surface area contributed by atoms with Crippen LogP contribution in [0, 0.1) is 16.7 Å². The van der Waals surface area contributed by atoms with Gasteiger partial charge in [0.05, 0.1) is 6.26 Å². The Labute approximate surface area is 125 Å². The number of rotatable bonds is 3. The third-order valence-electron chi connectivity index (χ3n) is 5.76. The molecule has 2 aliphatic rings. The summed E-state index contributed by atoms with van der Waals surface area (Å²) in [5.74, 6) is 1.13. The third kappa shape index (κ3) is 2.23. The van der Waals surface area contributed by atoms with Crippen molar-refractivity contribution in [1.82, 2.24) is 5.43 Å². The number of nitrogens with one attached hydrogen (secondary N) is 1. The Morgan fingerprint density at radius 2 is 2.29 bits per heavy atom. The second-order valence-electron chi connectivity index (χ2n) is 6.88. The van der Waals surface area contributed by atoms with E-state index < -0.39 is 0 Å². The maximum atomic E-state index is 11.8. The van der Waals surface area contributed by atoms with Gasteiger partial charge in [0.15, 0.2) is 0 Å². The molecule has 2 saturated carbocycles. The van der Waals surface area contributed by atoms with Gasteiger partial charge in [-0.15, -0.1) is 0 Å². The molecule has 1 amide bonds. The van der Waals surface area contributed by atoms with Gasteiger partial charge in [-0.2, -0.15) is 5.10 Å². The lowest BCUT2D eigenvalue weighted by molar-refractivity contribution is -0.116. The van der Waals surface area contributed by atoms with E-state index in [1.807, 2.05) is 0 Å². The number of carbonyl (C=O) groups is 1. The van der Waals surface area contributed by atoms with Crippen molar-refractivity contribution < 1.29 is 9.21 Å². The van der Waals surface area contributed by atoms with Crippen molar-refractivity contribution in [2.45, 2.75) is 40.0 Å². The normalized spacial score (nSPS) is 32.1. The minimum absolute atomic E-state index is 0.121. The molecule has 4 heteroatoms. The molecule has 1 aromatic rings. The first kappa shape index (κ1) is 14.1. The summed E-state index contributed by atoms with van der Waals surface area (Å²) in [6.45, 7) is 6.93. The lowest BCUT2D eigenvalue weighted by Crippen LogP contribution is -2.34. The number of amides is 1. The van der Waals surface area contributed by atoms with Crippen LogP contribution in [0.2, 0.25) is 0 Å². The Balaban J connectivity index is 1.66. The maximum absolute atomic E-state index is 11.8. The first-order valence-electron chi connectivity index (χ1n) is 7.52. The summed E-state index contributed by atoms with van der Waals surface area (Å²) in [7, 11) is 0. The first-order chi connectivity index (χ1) is 9.93. The number of fused-ring (bicyclic) bond motifs is 2. The topological polar surface area (TPSA) is 54.6 Å². The number of hydrogen-bond donors (Lipinski definition) is 1. The molecule has 2 atom stereocenters. The van der Waals surface area contributed by atoms with Crippen molar-refractivity contribution in [1.29, 1.82) is 0 Å². The van der Waals surface area contributed by atoms with Gasteiger partial charge in [0.1, 0.15) is 5.76 Å². The molecule has 2 aliphatic carbocycles. The smallest absolute Gasteiger partial charge is 0.264 e. The molecular weight excluding hydrogens is 264 g/mol. The van der Waals surface area contributed by atoms with E-state index in [2.05, 4.69) is 31.3 Å². The molecule has 4 nitrogen and oxygen atoms in total. The highest BCUT2D eigenvalue weighted by Gasteiger charge is 2.59. The molecule has 0 aromatic carbocycles. The zero-order chi connectivity index (χ0) is 15.1. The third-order valence-corrected chi connectivity index (χ3v) is 5.76. The van der Waals surface area contributed by atoms with E-state index in [9.17, 15) is 4.79 Å². The molecule has 21 heavy (non-hydrogen) atoms. The lowest BCUT2D eigenvalue weighted by atomic mass is 9.70. The van der Waals surface area contributed by atoms with Crippen LogP contribution in [-0.4, -0.2) is 11.6 Å². The number of carbonyl (C=O) groups excluding carboxylic acids is 1. The highest BCUT2D eigenvalue weighted by atomic mass is 16.3. The van der Waals surface area contributed by atoms with Crippen LogP contribution < -0.4 is 5.43 Å².